The smallest absolute Gasteiger partial charge is 0.330 e. The van der Waals surface area contributed by atoms with Crippen LogP contribution < -0.4 is 0 Å². The second-order valence-corrected chi connectivity index (χ2v) is 12.3. The van der Waals surface area contributed by atoms with E-state index in [0.29, 0.717) is 35.7 Å². The summed E-state index contributed by atoms with van der Waals surface area (Å²) in [5.74, 6) is 1.24. The van der Waals surface area contributed by atoms with Gasteiger partial charge in [-0.25, -0.2) is 4.79 Å². The molecule has 0 heterocycles. The molecule has 5 nitrogen and oxygen atoms in total. The molecule has 0 unspecified atom stereocenters. The molecule has 4 aliphatic rings. The second kappa shape index (κ2) is 8.70. The molecule has 0 aromatic heterocycles. The summed E-state index contributed by atoms with van der Waals surface area (Å²) in [5.41, 5.74) is 0.602. The minimum atomic E-state index is -0.837. The molecule has 4 aliphatic carbocycles. The molecule has 11 atom stereocenters. The van der Waals surface area contributed by atoms with Crippen LogP contribution in [0.2, 0.25) is 0 Å². The number of rotatable bonds is 5. The molecule has 0 radical (unpaired) electrons. The number of carboxylic acid groups (broad SMARTS) is 1. The van der Waals surface area contributed by atoms with Crippen molar-refractivity contribution in [3.8, 4) is 0 Å². The zero-order chi connectivity index (χ0) is 23.4. The maximum atomic E-state index is 11.4. The highest BCUT2D eigenvalue weighted by atomic mass is 16.4. The predicted octanol–water partition coefficient (Wildman–Crippen LogP) is 4.40. The van der Waals surface area contributed by atoms with Crippen LogP contribution in [0.15, 0.2) is 11.6 Å². The van der Waals surface area contributed by atoms with E-state index in [0.717, 1.165) is 44.9 Å². The van der Waals surface area contributed by atoms with Gasteiger partial charge in [-0.3, -0.25) is 0 Å². The van der Waals surface area contributed by atoms with Gasteiger partial charge in [0, 0.05) is 5.57 Å². The van der Waals surface area contributed by atoms with E-state index in [1.54, 1.807) is 6.92 Å². The van der Waals surface area contributed by atoms with Crippen LogP contribution in [0.1, 0.15) is 85.5 Å². The van der Waals surface area contributed by atoms with Crippen LogP contribution in [-0.2, 0) is 4.79 Å². The fourth-order valence-corrected chi connectivity index (χ4v) is 9.07. The van der Waals surface area contributed by atoms with Gasteiger partial charge in [-0.2, -0.15) is 0 Å². The first-order valence-electron chi connectivity index (χ1n) is 12.9. The molecule has 0 spiro atoms. The Morgan fingerprint density at radius 1 is 0.969 bits per heavy atom. The average molecular weight is 449 g/mol. The highest BCUT2D eigenvalue weighted by Gasteiger charge is 2.65. The molecule has 0 saturated heterocycles. The molecule has 32 heavy (non-hydrogen) atoms. The lowest BCUT2D eigenvalue weighted by molar-refractivity contribution is -0.223. The van der Waals surface area contributed by atoms with Crippen molar-refractivity contribution < 1.29 is 25.2 Å². The normalized spacial score (nSPS) is 49.7. The Morgan fingerprint density at radius 3 is 2.31 bits per heavy atom. The summed E-state index contributed by atoms with van der Waals surface area (Å²) in [6, 6.07) is 0. The van der Waals surface area contributed by atoms with Crippen molar-refractivity contribution in [1.29, 1.82) is 0 Å². The molecule has 5 heteroatoms. The van der Waals surface area contributed by atoms with Gasteiger partial charge in [-0.1, -0.05) is 26.8 Å². The third-order valence-electron chi connectivity index (χ3n) is 10.9. The summed E-state index contributed by atoms with van der Waals surface area (Å²) in [6.45, 7) is 8.74. The fourth-order valence-electron chi connectivity index (χ4n) is 9.07. The molecule has 4 rings (SSSR count). The molecular weight excluding hydrogens is 404 g/mol. The fraction of sp³-hybridized carbons (Fsp3) is 0.889. The summed E-state index contributed by atoms with van der Waals surface area (Å²) >= 11 is 0. The van der Waals surface area contributed by atoms with Gasteiger partial charge in [0.05, 0.1) is 18.3 Å². The van der Waals surface area contributed by atoms with Gasteiger partial charge in [0.15, 0.2) is 0 Å². The van der Waals surface area contributed by atoms with E-state index in [2.05, 4.69) is 20.8 Å². The molecule has 0 aliphatic heterocycles. The summed E-state index contributed by atoms with van der Waals surface area (Å²) in [4.78, 5) is 11.1. The van der Waals surface area contributed by atoms with Gasteiger partial charge in [0.2, 0.25) is 0 Å². The first-order valence-corrected chi connectivity index (χ1v) is 12.9. The van der Waals surface area contributed by atoms with Crippen molar-refractivity contribution in [2.24, 2.45) is 46.3 Å². The lowest BCUT2D eigenvalue weighted by Gasteiger charge is -2.63. The zero-order valence-electron chi connectivity index (χ0n) is 20.3. The van der Waals surface area contributed by atoms with Gasteiger partial charge in [-0.05, 0) is 111 Å². The zero-order valence-corrected chi connectivity index (χ0v) is 20.3. The Kier molecular flexibility index (Phi) is 6.59. The van der Waals surface area contributed by atoms with Crippen LogP contribution in [0.3, 0.4) is 0 Å². The van der Waals surface area contributed by atoms with Crippen molar-refractivity contribution in [3.05, 3.63) is 11.6 Å². The maximum absolute atomic E-state index is 11.4. The second-order valence-electron chi connectivity index (χ2n) is 12.3. The lowest BCUT2D eigenvalue weighted by Crippen LogP contribution is -2.64. The molecule has 4 N–H and O–H groups in total. The van der Waals surface area contributed by atoms with Gasteiger partial charge >= 0.3 is 5.97 Å². The molecule has 0 bridgehead atoms. The number of aliphatic hydroxyl groups excluding tert-OH is 3. The number of allylic oxidation sites excluding steroid dienone is 1. The highest BCUT2D eigenvalue weighted by Crippen LogP contribution is 2.68. The Balaban J connectivity index is 1.52. The van der Waals surface area contributed by atoms with Gasteiger partial charge in [0.25, 0.3) is 0 Å². The minimum absolute atomic E-state index is 0.00668. The van der Waals surface area contributed by atoms with Crippen molar-refractivity contribution in [2.75, 3.05) is 0 Å². The van der Waals surface area contributed by atoms with E-state index in [9.17, 15) is 20.1 Å². The Morgan fingerprint density at radius 2 is 1.62 bits per heavy atom. The molecule has 0 amide bonds. The molecule has 182 valence electrons. The van der Waals surface area contributed by atoms with Gasteiger partial charge in [0.1, 0.15) is 0 Å². The molecule has 0 aromatic carbocycles. The topological polar surface area (TPSA) is 98.0 Å². The number of aliphatic hydroxyl groups is 3. The summed E-state index contributed by atoms with van der Waals surface area (Å²) in [6.07, 6.45) is 8.79. The number of aliphatic carboxylic acids is 1. The maximum Gasteiger partial charge on any atom is 0.330 e. The SMILES string of the molecule is C/C(=C\CC[C@@H](C)[C@H]1CC[C@H]2[C@@H]3[C@H](O)[C@H](O)[C@@H]4C[C@H](O)CC[C@]4(C)[C@H]3CC[C@]12C)C(=O)O. The van der Waals surface area contributed by atoms with Crippen molar-refractivity contribution in [1.82, 2.24) is 0 Å². The Labute approximate surface area is 193 Å². The summed E-state index contributed by atoms with van der Waals surface area (Å²) in [5, 5.41) is 41.9. The Hall–Kier alpha value is -0.910. The highest BCUT2D eigenvalue weighted by molar-refractivity contribution is 5.85. The third-order valence-corrected chi connectivity index (χ3v) is 10.9. The lowest BCUT2D eigenvalue weighted by atomic mass is 9.43. The van der Waals surface area contributed by atoms with E-state index in [1.807, 2.05) is 6.08 Å². The van der Waals surface area contributed by atoms with Crippen LogP contribution >= 0.6 is 0 Å². The standard InChI is InChI=1S/C27H44O5/c1-15(6-5-7-16(2)25(31)32)18-8-9-19-22-20(11-13-26(18,19)3)27(4)12-10-17(28)14-21(27)23(29)24(22)30/h7,15,17-24,28-30H,5-6,8-14H2,1-4H3,(H,31,32)/b16-7+/t15-,17-,18-,19+,20+,21+,22+,23-,24+,26-,27-/m1/s1. The van der Waals surface area contributed by atoms with Crippen LogP contribution in [0.4, 0.5) is 0 Å². The number of fused-ring (bicyclic) bond motifs is 5. The van der Waals surface area contributed by atoms with E-state index in [4.69, 9.17) is 5.11 Å². The van der Waals surface area contributed by atoms with Crippen LogP contribution in [0, 0.1) is 46.3 Å². The van der Waals surface area contributed by atoms with Crippen LogP contribution in [0.5, 0.6) is 0 Å². The van der Waals surface area contributed by atoms with E-state index >= 15 is 0 Å². The van der Waals surface area contributed by atoms with Crippen LogP contribution in [-0.4, -0.2) is 44.7 Å². The number of hydrogen-bond acceptors (Lipinski definition) is 4. The monoisotopic (exact) mass is 448 g/mol. The first kappa shape index (κ1) is 24.2. The van der Waals surface area contributed by atoms with Crippen molar-refractivity contribution >= 4 is 5.97 Å². The quantitative estimate of drug-likeness (QED) is 0.468. The molecule has 4 fully saturated rings. The summed E-state index contributed by atoms with van der Waals surface area (Å²) in [7, 11) is 0. The molecular formula is C27H44O5. The third kappa shape index (κ3) is 3.76. The first-order chi connectivity index (χ1) is 15.0. The van der Waals surface area contributed by atoms with Crippen molar-refractivity contribution in [2.45, 2.75) is 104 Å². The Bertz CT molecular complexity index is 748. The summed E-state index contributed by atoms with van der Waals surface area (Å²) < 4.78 is 0. The van der Waals surface area contributed by atoms with E-state index < -0.39 is 18.2 Å². The van der Waals surface area contributed by atoms with E-state index in [1.165, 1.54) is 6.42 Å². The number of hydrogen-bond donors (Lipinski definition) is 4. The largest absolute Gasteiger partial charge is 0.478 e. The average Bonchev–Trinajstić information content (AvgIpc) is 3.10. The van der Waals surface area contributed by atoms with Gasteiger partial charge < -0.3 is 20.4 Å². The number of carbonyl (C=O) groups is 1. The van der Waals surface area contributed by atoms with E-state index in [-0.39, 0.29) is 28.8 Å². The molecule has 4 saturated carbocycles. The molecule has 0 aromatic rings. The predicted molar refractivity (Wildman–Crippen MR) is 124 cm³/mol. The minimum Gasteiger partial charge on any atom is -0.478 e. The number of carboxylic acids is 1. The van der Waals surface area contributed by atoms with Crippen LogP contribution in [0.25, 0.3) is 0 Å². The van der Waals surface area contributed by atoms with Gasteiger partial charge in [-0.15, -0.1) is 0 Å². The van der Waals surface area contributed by atoms with Crippen molar-refractivity contribution in [3.63, 3.8) is 0 Å².